The Kier molecular flexibility index (Phi) is 7.01. The Labute approximate surface area is 92.5 Å². The molecule has 0 aromatic heterocycles. The van der Waals surface area contributed by atoms with Gasteiger partial charge in [0.25, 0.3) is 0 Å². The molecule has 0 saturated heterocycles. The van der Waals surface area contributed by atoms with Crippen LogP contribution in [0.15, 0.2) is 18.2 Å². The molecule has 5 heteroatoms. The summed E-state index contributed by atoms with van der Waals surface area (Å²) in [4.78, 5) is 10.8. The minimum absolute atomic E-state index is 0.198. The van der Waals surface area contributed by atoms with E-state index in [1.54, 1.807) is 0 Å². The van der Waals surface area contributed by atoms with Gasteiger partial charge in [-0.05, 0) is 5.56 Å². The van der Waals surface area contributed by atoms with Crippen LogP contribution in [0.3, 0.4) is 0 Å². The van der Waals surface area contributed by atoms with E-state index < -0.39 is 11.8 Å². The van der Waals surface area contributed by atoms with Gasteiger partial charge in [-0.2, -0.15) is 12.1 Å². The van der Waals surface area contributed by atoms with E-state index in [1.807, 2.05) is 0 Å². The van der Waals surface area contributed by atoms with Crippen molar-refractivity contribution in [1.29, 1.82) is 0 Å². The molecule has 1 rings (SSSR count). The van der Waals surface area contributed by atoms with E-state index >= 15 is 0 Å². The van der Waals surface area contributed by atoms with Crippen molar-refractivity contribution in [3.8, 4) is 0 Å². The van der Waals surface area contributed by atoms with Crippen LogP contribution in [0.5, 0.6) is 0 Å². The van der Waals surface area contributed by atoms with Crippen molar-refractivity contribution < 1.29 is 30.3 Å². The maximum atomic E-state index is 12.4. The number of esters is 1. The minimum atomic E-state index is -0.562. The predicted molar refractivity (Wildman–Crippen MR) is 45.5 cm³/mol. The van der Waals surface area contributed by atoms with E-state index in [0.29, 0.717) is 0 Å². The monoisotopic (exact) mass is 296 g/mol. The Balaban J connectivity index is 0.000000671. The van der Waals surface area contributed by atoms with Gasteiger partial charge in [0.2, 0.25) is 0 Å². The van der Waals surface area contributed by atoms with Crippen LogP contribution in [0.25, 0.3) is 0 Å². The van der Waals surface area contributed by atoms with Crippen LogP contribution in [-0.2, 0) is 21.1 Å². The van der Waals surface area contributed by atoms with E-state index in [4.69, 9.17) is 0 Å². The van der Waals surface area contributed by atoms with Crippen molar-refractivity contribution >= 4 is 19.6 Å². The predicted octanol–water partition coefficient (Wildman–Crippen LogP) is 2.26. The van der Waals surface area contributed by atoms with E-state index in [0.717, 1.165) is 6.07 Å². The van der Waals surface area contributed by atoms with Gasteiger partial charge in [-0.3, -0.25) is 0 Å². The molecule has 0 aliphatic rings. The number of halogens is 2. The van der Waals surface area contributed by atoms with Crippen molar-refractivity contribution in [2.75, 3.05) is 7.11 Å². The second-order valence-corrected chi connectivity index (χ2v) is 1.92. The second kappa shape index (κ2) is 7.16. The van der Waals surface area contributed by atoms with Gasteiger partial charge in [0.15, 0.2) is 0 Å². The number of carbonyl (C=O) groups excluding carboxylic acids is 1. The first-order valence-corrected chi connectivity index (χ1v) is 10.2. The Morgan fingerprint density at radius 2 is 2.31 bits per heavy atom. The zero-order valence-corrected chi connectivity index (χ0v) is 11.6. The first-order chi connectivity index (χ1) is 6.24. The van der Waals surface area contributed by atoms with Crippen molar-refractivity contribution in [3.05, 3.63) is 35.6 Å². The average Bonchev–Trinajstić information content (AvgIpc) is 2.20. The fourth-order valence-electron chi connectivity index (χ4n) is 0.682. The number of rotatable bonds is 1. The molecule has 0 unspecified atom stereocenters. The van der Waals surface area contributed by atoms with Crippen molar-refractivity contribution in [3.63, 3.8) is 0 Å². The molecule has 0 spiro atoms. The summed E-state index contributed by atoms with van der Waals surface area (Å²) in [5, 5.41) is 0. The number of benzene rings is 1. The molecule has 0 N–H and O–H groups in total. The summed E-state index contributed by atoms with van der Waals surface area (Å²) in [5.41, 5.74) is 0.198. The molecular formula is C8H6BrFO2Zn. The summed E-state index contributed by atoms with van der Waals surface area (Å²) in [6, 6.07) is 6.13. The summed E-state index contributed by atoms with van der Waals surface area (Å²) in [5.74, 6) is -1.11. The molecule has 2 nitrogen and oxygen atoms in total. The van der Waals surface area contributed by atoms with Crippen LogP contribution in [0.1, 0.15) is 10.4 Å². The van der Waals surface area contributed by atoms with E-state index in [-0.39, 0.29) is 5.56 Å². The van der Waals surface area contributed by atoms with Gasteiger partial charge in [-0.15, -0.1) is 12.1 Å². The molecule has 0 aliphatic heterocycles. The molecule has 0 bridgehead atoms. The van der Waals surface area contributed by atoms with Crippen molar-refractivity contribution in [1.82, 2.24) is 0 Å². The molecule has 0 saturated carbocycles. The van der Waals surface area contributed by atoms with Gasteiger partial charge in [0, 0.05) is 5.82 Å². The quantitative estimate of drug-likeness (QED) is 0.452. The number of hydrogen-bond donors (Lipinski definition) is 0. The van der Waals surface area contributed by atoms with Crippen LogP contribution in [-0.4, -0.2) is 13.1 Å². The number of hydrogen-bond acceptors (Lipinski definition) is 2. The average molecular weight is 298 g/mol. The fourth-order valence-corrected chi connectivity index (χ4v) is 0.682. The summed E-state index contributed by atoms with van der Waals surface area (Å²) >= 11 is 4.25. The molecule has 0 atom stereocenters. The van der Waals surface area contributed by atoms with E-state index in [2.05, 4.69) is 24.4 Å². The standard InChI is InChI=1S/C8H6FO2.BrH.Zn/c1-11-8(10)6-3-2-4-7(9)5-6;;/h2-3,5H,1H3;1H;/q-1;;+2/p-1. The SMILES string of the molecule is COC(=O)c1cc[c-]c(F)c1.[Zn+][Br]. The first kappa shape index (κ1) is 12.7. The summed E-state index contributed by atoms with van der Waals surface area (Å²) in [7, 11) is 1.25. The molecule has 1 aromatic carbocycles. The number of methoxy groups -OCH3 is 1. The zero-order chi connectivity index (χ0) is 10.3. The first-order valence-electron chi connectivity index (χ1n) is 3.26. The Morgan fingerprint density at radius 3 is 2.77 bits per heavy atom. The fraction of sp³-hybridized carbons (Fsp3) is 0.125. The third kappa shape index (κ3) is 4.48. The van der Waals surface area contributed by atoms with Gasteiger partial charge in [-0.1, -0.05) is 0 Å². The van der Waals surface area contributed by atoms with Crippen LogP contribution in [0.4, 0.5) is 4.39 Å². The third-order valence-electron chi connectivity index (χ3n) is 1.19. The number of carbonyl (C=O) groups is 1. The number of ether oxygens (including phenoxy) is 1. The topological polar surface area (TPSA) is 26.3 Å². The molecule has 66 valence electrons. The molecule has 0 radical (unpaired) electrons. The van der Waals surface area contributed by atoms with Crippen molar-refractivity contribution in [2.45, 2.75) is 0 Å². The van der Waals surface area contributed by atoms with Gasteiger partial charge in [0.1, 0.15) is 0 Å². The molecule has 0 heterocycles. The van der Waals surface area contributed by atoms with Gasteiger partial charge >= 0.3 is 35.9 Å². The van der Waals surface area contributed by atoms with Crippen LogP contribution in [0, 0.1) is 11.9 Å². The molecule has 13 heavy (non-hydrogen) atoms. The Morgan fingerprint density at radius 1 is 1.69 bits per heavy atom. The summed E-state index contributed by atoms with van der Waals surface area (Å²) in [6.07, 6.45) is 0. The van der Waals surface area contributed by atoms with E-state index in [1.165, 1.54) is 35.6 Å². The normalized spacial score (nSPS) is 8.38. The van der Waals surface area contributed by atoms with Crippen molar-refractivity contribution in [2.24, 2.45) is 0 Å². The second-order valence-electron chi connectivity index (χ2n) is 1.92. The molecule has 1 aromatic rings. The molecule has 0 aliphatic carbocycles. The van der Waals surface area contributed by atoms with Gasteiger partial charge in [-0.25, -0.2) is 9.18 Å². The zero-order valence-electron chi connectivity index (χ0n) is 7.01. The molecule has 0 amide bonds. The van der Waals surface area contributed by atoms with Crippen LogP contribution < -0.4 is 0 Å². The summed E-state index contributed by atoms with van der Waals surface area (Å²) in [6.45, 7) is 0. The van der Waals surface area contributed by atoms with Crippen LogP contribution >= 0.6 is 13.6 Å². The summed E-state index contributed by atoms with van der Waals surface area (Å²) < 4.78 is 16.8. The Hall–Kier alpha value is -0.277. The van der Waals surface area contributed by atoms with Gasteiger partial charge in [0.05, 0.1) is 7.11 Å². The Bertz CT molecular complexity index is 281. The van der Waals surface area contributed by atoms with Gasteiger partial charge < -0.3 is 4.74 Å². The molecule has 0 fully saturated rings. The maximum absolute atomic E-state index is 12.4. The van der Waals surface area contributed by atoms with Crippen LogP contribution in [0.2, 0.25) is 0 Å². The third-order valence-corrected chi connectivity index (χ3v) is 1.19. The van der Waals surface area contributed by atoms with E-state index in [9.17, 15) is 9.18 Å². The molecular weight excluding hydrogens is 292 g/mol.